The number of nitrogens with one attached hydrogen (secondary N) is 1. The molecule has 33 heavy (non-hydrogen) atoms. The van der Waals surface area contributed by atoms with Gasteiger partial charge in [0.05, 0.1) is 6.10 Å². The molecule has 2 N–H and O–H groups in total. The highest BCUT2D eigenvalue weighted by Crippen LogP contribution is 2.49. The average molecular weight is 457 g/mol. The lowest BCUT2D eigenvalue weighted by atomic mass is 9.77. The van der Waals surface area contributed by atoms with Gasteiger partial charge in [0.25, 0.3) is 5.91 Å². The van der Waals surface area contributed by atoms with Crippen molar-refractivity contribution in [1.82, 2.24) is 10.2 Å². The highest BCUT2D eigenvalue weighted by Gasteiger charge is 2.42. The van der Waals surface area contributed by atoms with E-state index in [1.54, 1.807) is 0 Å². The van der Waals surface area contributed by atoms with Crippen molar-refractivity contribution in [2.45, 2.75) is 90.3 Å². The summed E-state index contributed by atoms with van der Waals surface area (Å²) in [6.07, 6.45) is 8.72. The number of carbonyl (C=O) groups is 1. The third-order valence-electron chi connectivity index (χ3n) is 7.31. The van der Waals surface area contributed by atoms with Crippen molar-refractivity contribution in [2.75, 3.05) is 26.2 Å². The van der Waals surface area contributed by atoms with Crippen LogP contribution in [0.3, 0.4) is 0 Å². The predicted octanol–water partition coefficient (Wildman–Crippen LogP) is 5.50. The molecule has 0 unspecified atom stereocenters. The number of hydrogen-bond donors (Lipinski definition) is 2. The first-order valence-electron chi connectivity index (χ1n) is 12.9. The van der Waals surface area contributed by atoms with E-state index in [9.17, 15) is 9.90 Å². The van der Waals surface area contributed by atoms with Gasteiger partial charge in [-0.2, -0.15) is 0 Å². The second-order valence-corrected chi connectivity index (χ2v) is 9.92. The van der Waals surface area contributed by atoms with Gasteiger partial charge < -0.3 is 24.5 Å². The minimum atomic E-state index is -0.606. The van der Waals surface area contributed by atoms with Crippen LogP contribution in [0.4, 0.5) is 0 Å². The predicted molar refractivity (Wildman–Crippen MR) is 131 cm³/mol. The van der Waals surface area contributed by atoms with Crippen LogP contribution >= 0.6 is 0 Å². The van der Waals surface area contributed by atoms with Gasteiger partial charge in [0, 0.05) is 29.5 Å². The van der Waals surface area contributed by atoms with Gasteiger partial charge in [0.2, 0.25) is 0 Å². The van der Waals surface area contributed by atoms with Gasteiger partial charge in [-0.1, -0.05) is 20.3 Å². The number of aliphatic hydroxyl groups is 1. The van der Waals surface area contributed by atoms with Crippen molar-refractivity contribution in [1.29, 1.82) is 0 Å². The molecule has 2 heterocycles. The molecule has 1 aromatic heterocycles. The Morgan fingerprint density at radius 1 is 1.15 bits per heavy atom. The lowest BCUT2D eigenvalue weighted by Gasteiger charge is -2.43. The van der Waals surface area contributed by atoms with Gasteiger partial charge in [-0.05, 0) is 83.6 Å². The fourth-order valence-electron chi connectivity index (χ4n) is 5.77. The quantitative estimate of drug-likeness (QED) is 0.487. The van der Waals surface area contributed by atoms with Crippen molar-refractivity contribution < 1.29 is 19.1 Å². The summed E-state index contributed by atoms with van der Waals surface area (Å²) in [7, 11) is 0. The van der Waals surface area contributed by atoms with Crippen LogP contribution in [0.25, 0.3) is 11.0 Å². The van der Waals surface area contributed by atoms with E-state index >= 15 is 0 Å². The van der Waals surface area contributed by atoms with E-state index in [4.69, 9.17) is 9.15 Å². The summed E-state index contributed by atoms with van der Waals surface area (Å²) in [5, 5.41) is 15.0. The van der Waals surface area contributed by atoms with Crippen molar-refractivity contribution in [2.24, 2.45) is 0 Å². The fraction of sp³-hybridized carbons (Fsp3) is 0.667. The number of amides is 1. The molecule has 1 saturated carbocycles. The van der Waals surface area contributed by atoms with Crippen molar-refractivity contribution in [3.05, 3.63) is 29.0 Å². The first-order valence-corrected chi connectivity index (χ1v) is 12.9. The molecule has 1 amide bonds. The summed E-state index contributed by atoms with van der Waals surface area (Å²) in [6.45, 7) is 10.1. The number of benzene rings is 1. The van der Waals surface area contributed by atoms with E-state index in [1.807, 2.05) is 19.1 Å². The Morgan fingerprint density at radius 3 is 2.58 bits per heavy atom. The number of rotatable bonds is 9. The summed E-state index contributed by atoms with van der Waals surface area (Å²) in [6, 6.07) is 3.77. The normalized spacial score (nSPS) is 19.6. The van der Waals surface area contributed by atoms with Gasteiger partial charge in [-0.25, -0.2) is 0 Å². The SMILES string of the molecule is CCCN(CCC)CCCNC(=O)c1oc2ccc3c(c2c1C)[C@@H](O)CC1(CCCCC1)O3. The van der Waals surface area contributed by atoms with Crippen LogP contribution in [0, 0.1) is 6.92 Å². The summed E-state index contributed by atoms with van der Waals surface area (Å²) in [5.74, 6) is 0.887. The topological polar surface area (TPSA) is 74.9 Å². The van der Waals surface area contributed by atoms with Gasteiger partial charge in [-0.15, -0.1) is 0 Å². The van der Waals surface area contributed by atoms with Crippen LogP contribution in [0.5, 0.6) is 5.75 Å². The molecular weight excluding hydrogens is 416 g/mol. The maximum Gasteiger partial charge on any atom is 0.287 e. The number of carbonyl (C=O) groups excluding carboxylic acids is 1. The molecule has 1 aliphatic heterocycles. The van der Waals surface area contributed by atoms with Crippen molar-refractivity contribution in [3.8, 4) is 5.75 Å². The summed E-state index contributed by atoms with van der Waals surface area (Å²) in [4.78, 5) is 15.4. The molecule has 1 spiro atoms. The summed E-state index contributed by atoms with van der Waals surface area (Å²) < 4.78 is 12.5. The minimum absolute atomic E-state index is 0.190. The number of aryl methyl sites for hydroxylation is 1. The van der Waals surface area contributed by atoms with Crippen LogP contribution < -0.4 is 10.1 Å². The Morgan fingerprint density at radius 2 is 1.88 bits per heavy atom. The van der Waals surface area contributed by atoms with E-state index in [1.165, 1.54) is 6.42 Å². The lowest BCUT2D eigenvalue weighted by Crippen LogP contribution is -2.42. The molecule has 1 aliphatic carbocycles. The molecular formula is C27H40N2O4. The number of hydrogen-bond acceptors (Lipinski definition) is 5. The smallest absolute Gasteiger partial charge is 0.287 e. The lowest BCUT2D eigenvalue weighted by molar-refractivity contribution is -0.0373. The van der Waals surface area contributed by atoms with Gasteiger partial charge in [0.15, 0.2) is 5.76 Å². The molecule has 1 aromatic carbocycles. The molecule has 1 fully saturated rings. The van der Waals surface area contributed by atoms with Crippen LogP contribution in [-0.2, 0) is 0 Å². The zero-order valence-corrected chi connectivity index (χ0v) is 20.5. The van der Waals surface area contributed by atoms with E-state index in [0.717, 1.165) is 86.8 Å². The largest absolute Gasteiger partial charge is 0.487 e. The Balaban J connectivity index is 1.47. The molecule has 0 saturated heterocycles. The number of furan rings is 1. The minimum Gasteiger partial charge on any atom is -0.487 e. The highest BCUT2D eigenvalue weighted by atomic mass is 16.5. The van der Waals surface area contributed by atoms with E-state index in [-0.39, 0.29) is 11.5 Å². The molecule has 0 radical (unpaired) electrons. The van der Waals surface area contributed by atoms with Gasteiger partial charge in [0.1, 0.15) is 16.9 Å². The number of ether oxygens (including phenoxy) is 1. The molecule has 0 bridgehead atoms. The van der Waals surface area contributed by atoms with Crippen LogP contribution in [0.1, 0.15) is 99.4 Å². The Bertz CT molecular complexity index is 955. The molecule has 4 rings (SSSR count). The Hall–Kier alpha value is -2.05. The molecule has 2 aliphatic rings. The number of fused-ring (bicyclic) bond motifs is 3. The van der Waals surface area contributed by atoms with Gasteiger partial charge >= 0.3 is 0 Å². The zero-order valence-electron chi connectivity index (χ0n) is 20.5. The first-order chi connectivity index (χ1) is 16.0. The molecule has 6 nitrogen and oxygen atoms in total. The summed E-state index contributed by atoms with van der Waals surface area (Å²) in [5.41, 5.74) is 1.94. The van der Waals surface area contributed by atoms with E-state index in [0.29, 0.717) is 24.3 Å². The third-order valence-corrected chi connectivity index (χ3v) is 7.31. The van der Waals surface area contributed by atoms with Gasteiger partial charge in [-0.3, -0.25) is 4.79 Å². The Kier molecular flexibility index (Phi) is 7.65. The monoisotopic (exact) mass is 456 g/mol. The first kappa shape index (κ1) is 24.1. The average Bonchev–Trinajstić information content (AvgIpc) is 3.13. The number of aliphatic hydroxyl groups excluding tert-OH is 1. The molecule has 2 aromatic rings. The number of nitrogens with zero attached hydrogens (tertiary/aromatic N) is 1. The second kappa shape index (κ2) is 10.5. The molecule has 6 heteroatoms. The maximum absolute atomic E-state index is 12.9. The third kappa shape index (κ3) is 5.07. The standard InChI is InChI=1S/C27H40N2O4/c1-4-15-29(16-5-2)17-9-14-28-26(31)25-19(3)23-21(32-25)10-11-22-24(23)20(30)18-27(33-22)12-7-6-8-13-27/h10-11,20,30H,4-9,12-18H2,1-3H3,(H,28,31)/t20-/m0/s1. The van der Waals surface area contributed by atoms with Crippen LogP contribution in [0.15, 0.2) is 16.5 Å². The van der Waals surface area contributed by atoms with Crippen LogP contribution in [0.2, 0.25) is 0 Å². The van der Waals surface area contributed by atoms with E-state index in [2.05, 4.69) is 24.1 Å². The van der Waals surface area contributed by atoms with E-state index < -0.39 is 6.10 Å². The fourth-order valence-corrected chi connectivity index (χ4v) is 5.77. The molecule has 1 atom stereocenters. The Labute approximate surface area is 197 Å². The summed E-state index contributed by atoms with van der Waals surface area (Å²) >= 11 is 0. The zero-order chi connectivity index (χ0) is 23.4. The highest BCUT2D eigenvalue weighted by molar-refractivity contribution is 6.00. The second-order valence-electron chi connectivity index (χ2n) is 9.92. The van der Waals surface area contributed by atoms with Crippen LogP contribution in [-0.4, -0.2) is 47.7 Å². The maximum atomic E-state index is 12.9. The van der Waals surface area contributed by atoms with Crippen molar-refractivity contribution in [3.63, 3.8) is 0 Å². The molecule has 182 valence electrons. The van der Waals surface area contributed by atoms with Crippen molar-refractivity contribution >= 4 is 16.9 Å².